The second-order valence-corrected chi connectivity index (χ2v) is 5.14. The molecule has 3 nitrogen and oxygen atoms in total. The van der Waals surface area contributed by atoms with Crippen LogP contribution in [0, 0.1) is 5.82 Å². The predicted octanol–water partition coefficient (Wildman–Crippen LogP) is 2.30. The van der Waals surface area contributed by atoms with Crippen molar-refractivity contribution in [1.82, 2.24) is 0 Å². The first-order valence-corrected chi connectivity index (χ1v) is 6.74. The lowest BCUT2D eigenvalue weighted by atomic mass is 9.77. The summed E-state index contributed by atoms with van der Waals surface area (Å²) in [6.07, 6.45) is 0.390. The van der Waals surface area contributed by atoms with Crippen LogP contribution in [0.15, 0.2) is 48.5 Å². The van der Waals surface area contributed by atoms with Crippen LogP contribution >= 0.6 is 0 Å². The van der Waals surface area contributed by atoms with E-state index in [1.807, 2.05) is 24.3 Å². The number of methoxy groups -OCH3 is 1. The maximum Gasteiger partial charge on any atom is 0.123 e. The first-order chi connectivity index (χ1) is 10.1. The maximum absolute atomic E-state index is 13.4. The Morgan fingerprint density at radius 3 is 2.38 bits per heavy atom. The fourth-order valence-corrected chi connectivity index (χ4v) is 2.44. The van der Waals surface area contributed by atoms with Gasteiger partial charge in [0.15, 0.2) is 0 Å². The molecule has 0 unspecified atom stereocenters. The summed E-state index contributed by atoms with van der Waals surface area (Å²) in [5.74, 6) is 0.320. The molecule has 0 radical (unpaired) electrons. The van der Waals surface area contributed by atoms with Crippen molar-refractivity contribution in [2.45, 2.75) is 11.8 Å². The third kappa shape index (κ3) is 3.40. The van der Waals surface area contributed by atoms with E-state index in [9.17, 15) is 14.6 Å². The Balaban J connectivity index is 2.38. The van der Waals surface area contributed by atoms with E-state index in [0.29, 0.717) is 17.7 Å². The molecule has 21 heavy (non-hydrogen) atoms. The van der Waals surface area contributed by atoms with E-state index in [-0.39, 0.29) is 19.0 Å². The Bertz CT molecular complexity index is 594. The van der Waals surface area contributed by atoms with Crippen LogP contribution in [-0.2, 0) is 11.8 Å². The number of hydrogen-bond donors (Lipinski definition) is 2. The summed E-state index contributed by atoms with van der Waals surface area (Å²) < 4.78 is 18.6. The van der Waals surface area contributed by atoms with Crippen LogP contribution in [0.5, 0.6) is 5.75 Å². The Hall–Kier alpha value is -1.91. The molecule has 0 saturated heterocycles. The zero-order chi connectivity index (χ0) is 15.3. The zero-order valence-electron chi connectivity index (χ0n) is 11.9. The number of aliphatic hydroxyl groups excluding tert-OH is 2. The molecule has 0 atom stereocenters. The summed E-state index contributed by atoms with van der Waals surface area (Å²) in [5.41, 5.74) is 0.561. The Kier molecular flexibility index (Phi) is 4.94. The van der Waals surface area contributed by atoms with Crippen molar-refractivity contribution in [3.05, 3.63) is 65.5 Å². The van der Waals surface area contributed by atoms with Crippen molar-refractivity contribution >= 4 is 0 Å². The molecule has 0 heterocycles. The predicted molar refractivity (Wildman–Crippen MR) is 78.9 cm³/mol. The number of halogens is 1. The van der Waals surface area contributed by atoms with Gasteiger partial charge in [-0.1, -0.05) is 24.3 Å². The molecule has 0 spiro atoms. The zero-order valence-corrected chi connectivity index (χ0v) is 11.9. The van der Waals surface area contributed by atoms with Gasteiger partial charge in [-0.15, -0.1) is 0 Å². The molecule has 0 fully saturated rings. The van der Waals surface area contributed by atoms with Crippen LogP contribution in [0.1, 0.15) is 11.1 Å². The van der Waals surface area contributed by atoms with Crippen LogP contribution in [0.4, 0.5) is 4.39 Å². The van der Waals surface area contributed by atoms with Gasteiger partial charge in [0.1, 0.15) is 11.6 Å². The fourth-order valence-electron chi connectivity index (χ4n) is 2.44. The van der Waals surface area contributed by atoms with Crippen molar-refractivity contribution in [1.29, 1.82) is 0 Å². The van der Waals surface area contributed by atoms with Crippen molar-refractivity contribution < 1.29 is 19.3 Å². The lowest BCUT2D eigenvalue weighted by Crippen LogP contribution is -2.37. The van der Waals surface area contributed by atoms with E-state index >= 15 is 0 Å². The van der Waals surface area contributed by atoms with E-state index < -0.39 is 5.41 Å². The van der Waals surface area contributed by atoms with Crippen molar-refractivity contribution in [3.8, 4) is 5.75 Å². The summed E-state index contributed by atoms with van der Waals surface area (Å²) in [6.45, 7) is -0.547. The van der Waals surface area contributed by atoms with E-state index in [1.165, 1.54) is 12.1 Å². The highest BCUT2D eigenvalue weighted by Crippen LogP contribution is 2.29. The Morgan fingerprint density at radius 1 is 1.05 bits per heavy atom. The monoisotopic (exact) mass is 290 g/mol. The minimum Gasteiger partial charge on any atom is -0.497 e. The summed E-state index contributed by atoms with van der Waals surface area (Å²) in [7, 11) is 1.58. The number of hydrogen-bond acceptors (Lipinski definition) is 3. The van der Waals surface area contributed by atoms with Crippen LogP contribution in [0.3, 0.4) is 0 Å². The van der Waals surface area contributed by atoms with Crippen LogP contribution in [-0.4, -0.2) is 30.5 Å². The molecule has 0 amide bonds. The second-order valence-electron chi connectivity index (χ2n) is 5.14. The highest BCUT2D eigenvalue weighted by molar-refractivity contribution is 5.34. The van der Waals surface area contributed by atoms with Crippen molar-refractivity contribution in [2.75, 3.05) is 20.3 Å². The van der Waals surface area contributed by atoms with Gasteiger partial charge in [-0.3, -0.25) is 0 Å². The normalized spacial score (nSPS) is 11.4. The third-order valence-corrected chi connectivity index (χ3v) is 3.72. The topological polar surface area (TPSA) is 49.7 Å². The van der Waals surface area contributed by atoms with E-state index in [0.717, 1.165) is 5.56 Å². The molecule has 0 aliphatic carbocycles. The molecule has 0 aliphatic heterocycles. The highest BCUT2D eigenvalue weighted by atomic mass is 19.1. The van der Waals surface area contributed by atoms with Gasteiger partial charge in [0, 0.05) is 5.41 Å². The van der Waals surface area contributed by atoms with Gasteiger partial charge in [-0.25, -0.2) is 4.39 Å². The fraction of sp³-hybridized carbons (Fsp3) is 0.294. The summed E-state index contributed by atoms with van der Waals surface area (Å²) in [6, 6.07) is 13.4. The van der Waals surface area contributed by atoms with Crippen LogP contribution in [0.2, 0.25) is 0 Å². The van der Waals surface area contributed by atoms with Gasteiger partial charge >= 0.3 is 0 Å². The minimum atomic E-state index is -0.922. The Labute approximate surface area is 123 Å². The third-order valence-electron chi connectivity index (χ3n) is 3.72. The smallest absolute Gasteiger partial charge is 0.123 e. The average Bonchev–Trinajstić information content (AvgIpc) is 2.53. The molecule has 0 bridgehead atoms. The van der Waals surface area contributed by atoms with E-state index in [2.05, 4.69) is 0 Å². The number of ether oxygens (including phenoxy) is 1. The molecule has 2 N–H and O–H groups in total. The SMILES string of the molecule is COc1cccc(CC(CO)(CO)c2cccc(F)c2)c1. The van der Waals surface area contributed by atoms with Gasteiger partial charge in [0.2, 0.25) is 0 Å². The van der Waals surface area contributed by atoms with Gasteiger partial charge in [0.05, 0.1) is 20.3 Å². The minimum absolute atomic E-state index is 0.274. The highest BCUT2D eigenvalue weighted by Gasteiger charge is 2.31. The molecular formula is C17H19FO3. The second kappa shape index (κ2) is 6.70. The average molecular weight is 290 g/mol. The number of rotatable bonds is 6. The molecule has 4 heteroatoms. The Morgan fingerprint density at radius 2 is 1.76 bits per heavy atom. The van der Waals surface area contributed by atoms with Crippen LogP contribution in [0.25, 0.3) is 0 Å². The number of benzene rings is 2. The molecule has 0 aromatic heterocycles. The molecular weight excluding hydrogens is 271 g/mol. The first kappa shape index (κ1) is 15.5. The molecule has 2 rings (SSSR count). The lowest BCUT2D eigenvalue weighted by Gasteiger charge is -2.30. The first-order valence-electron chi connectivity index (χ1n) is 6.74. The summed E-state index contributed by atoms with van der Waals surface area (Å²) in [4.78, 5) is 0. The summed E-state index contributed by atoms with van der Waals surface area (Å²) in [5, 5.41) is 19.6. The molecule has 0 saturated carbocycles. The van der Waals surface area contributed by atoms with E-state index in [1.54, 1.807) is 19.2 Å². The van der Waals surface area contributed by atoms with Crippen molar-refractivity contribution in [2.24, 2.45) is 0 Å². The quantitative estimate of drug-likeness (QED) is 0.858. The lowest BCUT2D eigenvalue weighted by molar-refractivity contribution is 0.116. The molecule has 2 aromatic carbocycles. The van der Waals surface area contributed by atoms with E-state index in [4.69, 9.17) is 4.74 Å². The molecule has 112 valence electrons. The van der Waals surface area contributed by atoms with Gasteiger partial charge < -0.3 is 14.9 Å². The van der Waals surface area contributed by atoms with Gasteiger partial charge in [0.25, 0.3) is 0 Å². The van der Waals surface area contributed by atoms with Gasteiger partial charge in [-0.05, 0) is 41.8 Å². The molecule has 2 aromatic rings. The summed E-state index contributed by atoms with van der Waals surface area (Å²) >= 11 is 0. The number of aliphatic hydroxyl groups is 2. The van der Waals surface area contributed by atoms with Gasteiger partial charge in [-0.2, -0.15) is 0 Å². The molecule has 0 aliphatic rings. The van der Waals surface area contributed by atoms with Crippen LogP contribution < -0.4 is 4.74 Å². The largest absolute Gasteiger partial charge is 0.497 e. The maximum atomic E-state index is 13.4. The van der Waals surface area contributed by atoms with Crippen molar-refractivity contribution in [3.63, 3.8) is 0 Å². The standard InChI is InChI=1S/C17H19FO3/c1-21-16-7-2-4-13(8-16)10-17(11-19,12-20)14-5-3-6-15(18)9-14/h2-9,19-20H,10-12H2,1H3.